The average molecular weight is 654 g/mol. The van der Waals surface area contributed by atoms with Crippen LogP contribution in [0.2, 0.25) is 0 Å². The van der Waals surface area contributed by atoms with Gasteiger partial charge in [-0.15, -0.1) is 0 Å². The molecule has 2 aliphatic heterocycles. The van der Waals surface area contributed by atoms with Gasteiger partial charge < -0.3 is 39.2 Å². The van der Waals surface area contributed by atoms with E-state index in [2.05, 4.69) is 10.6 Å². The zero-order valence-electron chi connectivity index (χ0n) is 26.9. The SMILES string of the molecule is CCOC(=O)COC1CCN(C(=O)C(Cc2ccc(OC(=O)c3ccccc3OC(C)=O)cc2)NC(=O)COC2CCNCC2)CC1. The van der Waals surface area contributed by atoms with Crippen molar-refractivity contribution >= 4 is 29.7 Å². The first-order valence-corrected chi connectivity index (χ1v) is 16.0. The quantitative estimate of drug-likeness (QED) is 0.227. The third kappa shape index (κ3) is 11.5. The molecule has 2 heterocycles. The van der Waals surface area contributed by atoms with Crippen molar-refractivity contribution in [2.75, 3.05) is 46.0 Å². The molecule has 47 heavy (non-hydrogen) atoms. The van der Waals surface area contributed by atoms with Gasteiger partial charge in [-0.25, -0.2) is 9.59 Å². The normalized spacial score (nSPS) is 16.2. The number of rotatable bonds is 14. The van der Waals surface area contributed by atoms with Gasteiger partial charge in [0.05, 0.1) is 18.8 Å². The topological polar surface area (TPSA) is 159 Å². The standard InChI is InChI=1S/C34H43N3O10/c1-3-43-32(40)22-45-26-14-18-37(19-15-26)33(41)29(36-31(39)21-44-25-12-16-35-17-13-25)20-24-8-10-27(11-9-24)47-34(42)28-6-4-5-7-30(28)46-23(2)38/h4-11,25-26,29,35H,3,12-22H2,1-2H3,(H,36,39). The lowest BCUT2D eigenvalue weighted by Gasteiger charge is -2.34. The number of nitrogens with zero attached hydrogens (tertiary/aromatic N) is 1. The molecule has 2 aromatic carbocycles. The summed E-state index contributed by atoms with van der Waals surface area (Å²) >= 11 is 0. The van der Waals surface area contributed by atoms with Crippen LogP contribution in [0.5, 0.6) is 11.5 Å². The molecule has 0 spiro atoms. The molecule has 2 aromatic rings. The van der Waals surface area contributed by atoms with Gasteiger partial charge in [0.2, 0.25) is 11.8 Å². The number of esters is 3. The van der Waals surface area contributed by atoms with E-state index in [1.807, 2.05) is 0 Å². The van der Waals surface area contributed by atoms with E-state index in [0.29, 0.717) is 25.9 Å². The van der Waals surface area contributed by atoms with Crippen LogP contribution in [0.15, 0.2) is 48.5 Å². The molecule has 254 valence electrons. The number of nitrogens with one attached hydrogen (secondary N) is 2. The fraction of sp³-hybridized carbons (Fsp3) is 0.500. The zero-order valence-corrected chi connectivity index (χ0v) is 26.9. The second kappa shape index (κ2) is 18.1. The van der Waals surface area contributed by atoms with Crippen LogP contribution < -0.4 is 20.1 Å². The number of hydrogen-bond donors (Lipinski definition) is 2. The molecule has 1 unspecified atom stereocenters. The Hall–Kier alpha value is -4.33. The first-order chi connectivity index (χ1) is 22.7. The van der Waals surface area contributed by atoms with Gasteiger partial charge in [-0.05, 0) is 75.5 Å². The van der Waals surface area contributed by atoms with E-state index in [1.165, 1.54) is 19.1 Å². The van der Waals surface area contributed by atoms with Crippen LogP contribution >= 0.6 is 0 Å². The van der Waals surface area contributed by atoms with Crippen LogP contribution in [0, 0.1) is 0 Å². The molecular weight excluding hydrogens is 610 g/mol. The highest BCUT2D eigenvalue weighted by Gasteiger charge is 2.30. The Morgan fingerprint density at radius 3 is 2.21 bits per heavy atom. The Kier molecular flexibility index (Phi) is 13.7. The summed E-state index contributed by atoms with van der Waals surface area (Å²) in [6.07, 6.45) is 2.73. The van der Waals surface area contributed by atoms with Crippen LogP contribution in [0.25, 0.3) is 0 Å². The number of para-hydroxylation sites is 1. The van der Waals surface area contributed by atoms with Crippen molar-refractivity contribution in [2.24, 2.45) is 0 Å². The Morgan fingerprint density at radius 2 is 1.53 bits per heavy atom. The van der Waals surface area contributed by atoms with Gasteiger partial charge in [-0.3, -0.25) is 14.4 Å². The smallest absolute Gasteiger partial charge is 0.347 e. The molecule has 0 saturated carbocycles. The summed E-state index contributed by atoms with van der Waals surface area (Å²) in [5.41, 5.74) is 0.831. The maximum absolute atomic E-state index is 13.7. The van der Waals surface area contributed by atoms with E-state index in [0.717, 1.165) is 31.5 Å². The van der Waals surface area contributed by atoms with Crippen LogP contribution in [-0.2, 0) is 39.8 Å². The van der Waals surface area contributed by atoms with Crippen molar-refractivity contribution in [2.45, 2.75) is 64.2 Å². The highest BCUT2D eigenvalue weighted by atomic mass is 16.6. The molecule has 4 rings (SSSR count). The molecule has 13 nitrogen and oxygen atoms in total. The molecule has 13 heteroatoms. The molecule has 0 aromatic heterocycles. The number of benzene rings is 2. The second-order valence-electron chi connectivity index (χ2n) is 11.3. The Labute approximate surface area is 274 Å². The monoisotopic (exact) mass is 653 g/mol. The van der Waals surface area contributed by atoms with E-state index in [9.17, 15) is 24.0 Å². The molecule has 2 fully saturated rings. The Balaban J connectivity index is 1.38. The number of carbonyl (C=O) groups is 5. The van der Waals surface area contributed by atoms with Crippen molar-refractivity contribution in [3.05, 3.63) is 59.7 Å². The summed E-state index contributed by atoms with van der Waals surface area (Å²) in [7, 11) is 0. The number of likely N-dealkylation sites (tertiary alicyclic amines) is 1. The fourth-order valence-corrected chi connectivity index (χ4v) is 5.41. The van der Waals surface area contributed by atoms with Gasteiger partial charge in [0.25, 0.3) is 0 Å². The zero-order chi connectivity index (χ0) is 33.6. The van der Waals surface area contributed by atoms with Crippen molar-refractivity contribution in [1.82, 2.24) is 15.5 Å². The predicted octanol–water partition coefficient (Wildman–Crippen LogP) is 2.20. The summed E-state index contributed by atoms with van der Waals surface area (Å²) in [5, 5.41) is 6.13. The van der Waals surface area contributed by atoms with Crippen molar-refractivity contribution < 1.29 is 47.7 Å². The van der Waals surface area contributed by atoms with Crippen molar-refractivity contribution in [3.63, 3.8) is 0 Å². The summed E-state index contributed by atoms with van der Waals surface area (Å²) in [6.45, 7) is 5.46. The van der Waals surface area contributed by atoms with Crippen LogP contribution in [0.4, 0.5) is 0 Å². The first-order valence-electron chi connectivity index (χ1n) is 16.0. The fourth-order valence-electron chi connectivity index (χ4n) is 5.41. The number of hydrogen-bond acceptors (Lipinski definition) is 11. The van der Waals surface area contributed by atoms with Gasteiger partial charge in [-0.2, -0.15) is 0 Å². The lowest BCUT2D eigenvalue weighted by atomic mass is 10.0. The van der Waals surface area contributed by atoms with Crippen LogP contribution in [-0.4, -0.2) is 98.9 Å². The number of ether oxygens (including phenoxy) is 5. The Morgan fingerprint density at radius 1 is 0.872 bits per heavy atom. The lowest BCUT2D eigenvalue weighted by Crippen LogP contribution is -2.53. The van der Waals surface area contributed by atoms with Gasteiger partial charge in [0, 0.05) is 26.4 Å². The minimum absolute atomic E-state index is 0.0129. The van der Waals surface area contributed by atoms with Gasteiger partial charge in [-0.1, -0.05) is 24.3 Å². The highest BCUT2D eigenvalue weighted by Crippen LogP contribution is 2.22. The average Bonchev–Trinajstić information content (AvgIpc) is 3.07. The van der Waals surface area contributed by atoms with Gasteiger partial charge in [0.1, 0.15) is 36.3 Å². The van der Waals surface area contributed by atoms with E-state index in [-0.39, 0.29) is 67.3 Å². The summed E-state index contributed by atoms with van der Waals surface area (Å²) in [4.78, 5) is 64.3. The van der Waals surface area contributed by atoms with E-state index >= 15 is 0 Å². The van der Waals surface area contributed by atoms with Gasteiger partial charge in [0.15, 0.2) is 0 Å². The third-order valence-electron chi connectivity index (χ3n) is 7.80. The number of carbonyl (C=O) groups excluding carboxylic acids is 5. The van der Waals surface area contributed by atoms with E-state index in [4.69, 9.17) is 23.7 Å². The molecular formula is C34H43N3O10. The molecule has 2 amide bonds. The minimum atomic E-state index is -0.861. The summed E-state index contributed by atoms with van der Waals surface area (Å²) < 4.78 is 27.0. The van der Waals surface area contributed by atoms with E-state index in [1.54, 1.807) is 48.2 Å². The van der Waals surface area contributed by atoms with E-state index < -0.39 is 23.9 Å². The van der Waals surface area contributed by atoms with Crippen molar-refractivity contribution in [3.8, 4) is 11.5 Å². The largest absolute Gasteiger partial charge is 0.464 e. The Bertz CT molecular complexity index is 1370. The second-order valence-corrected chi connectivity index (χ2v) is 11.3. The molecule has 0 aliphatic carbocycles. The molecule has 1 atom stereocenters. The minimum Gasteiger partial charge on any atom is -0.464 e. The summed E-state index contributed by atoms with van der Waals surface area (Å²) in [6, 6.07) is 12.0. The number of amides is 2. The van der Waals surface area contributed by atoms with Gasteiger partial charge >= 0.3 is 17.9 Å². The van der Waals surface area contributed by atoms with Crippen LogP contribution in [0.3, 0.4) is 0 Å². The van der Waals surface area contributed by atoms with Crippen LogP contribution in [0.1, 0.15) is 55.5 Å². The maximum Gasteiger partial charge on any atom is 0.347 e. The molecule has 2 saturated heterocycles. The first kappa shape index (κ1) is 35.5. The molecule has 0 bridgehead atoms. The molecule has 0 radical (unpaired) electrons. The highest BCUT2D eigenvalue weighted by molar-refractivity contribution is 5.94. The predicted molar refractivity (Wildman–Crippen MR) is 169 cm³/mol. The number of piperidine rings is 2. The molecule has 2 aliphatic rings. The summed E-state index contributed by atoms with van der Waals surface area (Å²) in [5.74, 6) is -1.95. The van der Waals surface area contributed by atoms with Crippen molar-refractivity contribution in [1.29, 1.82) is 0 Å². The third-order valence-corrected chi connectivity index (χ3v) is 7.80. The molecule has 2 N–H and O–H groups in total. The maximum atomic E-state index is 13.7. The lowest BCUT2D eigenvalue weighted by molar-refractivity contribution is -0.152.